The van der Waals surface area contributed by atoms with Gasteiger partial charge in [0.1, 0.15) is 11.9 Å². The number of carbonyl (C=O) groups is 1. The highest BCUT2D eigenvalue weighted by Gasteiger charge is 2.40. The Labute approximate surface area is 175 Å². The van der Waals surface area contributed by atoms with E-state index >= 15 is 0 Å². The number of methoxy groups -OCH3 is 1. The lowest BCUT2D eigenvalue weighted by Gasteiger charge is -2.34. The van der Waals surface area contributed by atoms with Crippen LogP contribution in [0.25, 0.3) is 0 Å². The van der Waals surface area contributed by atoms with Crippen molar-refractivity contribution in [2.75, 3.05) is 26.9 Å². The second kappa shape index (κ2) is 10.0. The maximum absolute atomic E-state index is 13.5. The predicted octanol–water partition coefficient (Wildman–Crippen LogP) is 4.74. The first-order valence-corrected chi connectivity index (χ1v) is 10.6. The van der Waals surface area contributed by atoms with Gasteiger partial charge < -0.3 is 19.1 Å². The molecule has 8 heteroatoms. The summed E-state index contributed by atoms with van der Waals surface area (Å²) in [6.07, 6.45) is -0.190. The van der Waals surface area contributed by atoms with Gasteiger partial charge in [0.05, 0.1) is 18.2 Å². The highest BCUT2D eigenvalue weighted by molar-refractivity contribution is 5.82. The Kier molecular flexibility index (Phi) is 7.63. The first-order chi connectivity index (χ1) is 14.3. The van der Waals surface area contributed by atoms with Crippen LogP contribution in [0, 0.1) is 0 Å². The molecule has 1 aliphatic heterocycles. The fraction of sp³-hybridized carbons (Fsp3) is 0.682. The van der Waals surface area contributed by atoms with Crippen molar-refractivity contribution in [2.45, 2.75) is 69.8 Å². The second-order valence-electron chi connectivity index (χ2n) is 7.99. The molecule has 0 aromatic heterocycles. The Balaban J connectivity index is 1.84. The topological polar surface area (TPSA) is 48.0 Å². The summed E-state index contributed by atoms with van der Waals surface area (Å²) in [5.41, 5.74) is -0.353. The molecule has 168 valence electrons. The molecule has 1 aliphatic carbocycles. The molecule has 1 saturated carbocycles. The van der Waals surface area contributed by atoms with Gasteiger partial charge in [-0.05, 0) is 62.8 Å². The summed E-state index contributed by atoms with van der Waals surface area (Å²) >= 11 is 0. The number of benzene rings is 1. The number of rotatable bonds is 9. The number of halogens is 3. The molecule has 0 radical (unpaired) electrons. The number of amides is 1. The van der Waals surface area contributed by atoms with Gasteiger partial charge in [0, 0.05) is 32.8 Å². The van der Waals surface area contributed by atoms with Gasteiger partial charge in [-0.1, -0.05) is 0 Å². The summed E-state index contributed by atoms with van der Waals surface area (Å²) in [6, 6.07) is 3.29. The van der Waals surface area contributed by atoms with Crippen LogP contribution in [0.3, 0.4) is 0 Å². The minimum Gasteiger partial charge on any atom is -0.493 e. The molecular weight excluding hydrogens is 399 g/mol. The molecule has 5 nitrogen and oxygen atoms in total. The van der Waals surface area contributed by atoms with E-state index in [4.69, 9.17) is 14.2 Å². The van der Waals surface area contributed by atoms with Gasteiger partial charge in [-0.25, -0.2) is 0 Å². The highest BCUT2D eigenvalue weighted by atomic mass is 19.4. The highest BCUT2D eigenvalue weighted by Crippen LogP contribution is 2.39. The average Bonchev–Trinajstić information content (AvgIpc) is 3.56. The predicted molar refractivity (Wildman–Crippen MR) is 105 cm³/mol. The number of ether oxygens (including phenoxy) is 3. The molecule has 1 aromatic rings. The van der Waals surface area contributed by atoms with Crippen LogP contribution >= 0.6 is 0 Å². The van der Waals surface area contributed by atoms with Crippen LogP contribution < -0.4 is 4.74 Å². The largest absolute Gasteiger partial charge is 0.493 e. The minimum absolute atomic E-state index is 0.0543. The smallest absolute Gasteiger partial charge is 0.416 e. The Morgan fingerprint density at radius 1 is 1.20 bits per heavy atom. The number of nitrogens with zero attached hydrogens (tertiary/aromatic N) is 1. The van der Waals surface area contributed by atoms with E-state index in [-0.39, 0.29) is 24.3 Å². The van der Waals surface area contributed by atoms with Gasteiger partial charge in [-0.15, -0.1) is 0 Å². The maximum Gasteiger partial charge on any atom is 0.416 e. The average molecular weight is 429 g/mol. The third kappa shape index (κ3) is 5.88. The Bertz CT molecular complexity index is 715. The Hall–Kier alpha value is -1.80. The molecule has 1 saturated heterocycles. The Morgan fingerprint density at radius 3 is 2.57 bits per heavy atom. The quantitative estimate of drug-likeness (QED) is 0.532. The van der Waals surface area contributed by atoms with Crippen LogP contribution in [0.5, 0.6) is 5.75 Å². The van der Waals surface area contributed by atoms with E-state index in [9.17, 15) is 18.0 Å². The minimum atomic E-state index is -4.50. The molecule has 30 heavy (non-hydrogen) atoms. The zero-order valence-corrected chi connectivity index (χ0v) is 17.5. The third-order valence-electron chi connectivity index (χ3n) is 5.57. The monoisotopic (exact) mass is 429 g/mol. The van der Waals surface area contributed by atoms with E-state index < -0.39 is 23.9 Å². The van der Waals surface area contributed by atoms with Crippen molar-refractivity contribution in [1.29, 1.82) is 0 Å². The standard InChI is InChI=1S/C22H30F3NO4/c1-15(26(18-7-8-18)21(27)20-6-3-4-10-30-20)16-12-17(22(23,24)25)14-19(13-16)29-11-5-9-28-2/h12-15,18,20H,3-11H2,1-2H3/t15-,20-/m1/s1. The number of hydrogen-bond acceptors (Lipinski definition) is 4. The molecule has 0 bridgehead atoms. The van der Waals surface area contributed by atoms with E-state index in [1.54, 1.807) is 25.0 Å². The summed E-state index contributed by atoms with van der Waals surface area (Å²) < 4.78 is 56.7. The van der Waals surface area contributed by atoms with Crippen molar-refractivity contribution in [3.63, 3.8) is 0 Å². The summed E-state index contributed by atoms with van der Waals surface area (Å²) in [7, 11) is 1.56. The lowest BCUT2D eigenvalue weighted by molar-refractivity contribution is -0.149. The molecule has 3 rings (SSSR count). The summed E-state index contributed by atoms with van der Waals surface area (Å²) in [6.45, 7) is 3.05. The molecule has 2 fully saturated rings. The molecule has 0 spiro atoms. The van der Waals surface area contributed by atoms with Gasteiger partial charge in [0.25, 0.3) is 5.91 Å². The zero-order valence-electron chi connectivity index (χ0n) is 17.5. The first-order valence-electron chi connectivity index (χ1n) is 10.6. The molecule has 1 aromatic carbocycles. The van der Waals surface area contributed by atoms with E-state index in [1.807, 2.05) is 0 Å². The van der Waals surface area contributed by atoms with E-state index in [1.165, 1.54) is 0 Å². The summed E-state index contributed by atoms with van der Waals surface area (Å²) in [4.78, 5) is 14.9. The summed E-state index contributed by atoms with van der Waals surface area (Å²) in [5, 5.41) is 0. The zero-order chi connectivity index (χ0) is 21.7. The van der Waals surface area contributed by atoms with Crippen LogP contribution in [0.15, 0.2) is 18.2 Å². The molecule has 2 atom stereocenters. The van der Waals surface area contributed by atoms with Crippen LogP contribution in [-0.2, 0) is 20.4 Å². The molecule has 1 amide bonds. The fourth-order valence-corrected chi connectivity index (χ4v) is 3.81. The molecule has 0 N–H and O–H groups in total. The number of carbonyl (C=O) groups excluding carboxylic acids is 1. The van der Waals surface area contributed by atoms with Crippen molar-refractivity contribution >= 4 is 5.91 Å². The van der Waals surface area contributed by atoms with Crippen molar-refractivity contribution in [2.24, 2.45) is 0 Å². The number of hydrogen-bond donors (Lipinski definition) is 0. The fourth-order valence-electron chi connectivity index (χ4n) is 3.81. The third-order valence-corrected chi connectivity index (χ3v) is 5.57. The lowest BCUT2D eigenvalue weighted by Crippen LogP contribution is -2.44. The van der Waals surface area contributed by atoms with Crippen molar-refractivity contribution in [3.8, 4) is 5.75 Å². The Morgan fingerprint density at radius 2 is 1.97 bits per heavy atom. The van der Waals surface area contributed by atoms with E-state index in [2.05, 4.69) is 0 Å². The van der Waals surface area contributed by atoms with Gasteiger partial charge in [-0.2, -0.15) is 13.2 Å². The van der Waals surface area contributed by atoms with Crippen LogP contribution in [0.2, 0.25) is 0 Å². The second-order valence-corrected chi connectivity index (χ2v) is 7.99. The van der Waals surface area contributed by atoms with Gasteiger partial charge in [-0.3, -0.25) is 4.79 Å². The summed E-state index contributed by atoms with van der Waals surface area (Å²) in [5.74, 6) is 0.0320. The molecule has 1 heterocycles. The SMILES string of the molecule is COCCCOc1cc([C@@H](C)N(C(=O)[C@H]2CCCCO2)C2CC2)cc(C(F)(F)F)c1. The van der Waals surface area contributed by atoms with E-state index in [0.29, 0.717) is 31.6 Å². The van der Waals surface area contributed by atoms with Gasteiger partial charge in [0.15, 0.2) is 0 Å². The van der Waals surface area contributed by atoms with E-state index in [0.717, 1.165) is 37.8 Å². The lowest BCUT2D eigenvalue weighted by atomic mass is 10.0. The van der Waals surface area contributed by atoms with Crippen LogP contribution in [0.1, 0.15) is 62.6 Å². The van der Waals surface area contributed by atoms with Crippen LogP contribution in [-0.4, -0.2) is 49.9 Å². The molecule has 0 unspecified atom stereocenters. The van der Waals surface area contributed by atoms with Gasteiger partial charge >= 0.3 is 6.18 Å². The van der Waals surface area contributed by atoms with Crippen molar-refractivity contribution in [1.82, 2.24) is 4.90 Å². The van der Waals surface area contributed by atoms with Crippen LogP contribution in [0.4, 0.5) is 13.2 Å². The first kappa shape index (κ1) is 22.9. The molecular formula is C22H30F3NO4. The van der Waals surface area contributed by atoms with Gasteiger partial charge in [0.2, 0.25) is 0 Å². The number of alkyl halides is 3. The molecule has 2 aliphatic rings. The maximum atomic E-state index is 13.5. The van der Waals surface area contributed by atoms with Crippen molar-refractivity contribution in [3.05, 3.63) is 29.3 Å². The van der Waals surface area contributed by atoms with Crippen molar-refractivity contribution < 1.29 is 32.2 Å². The normalized spacial score (nSPS) is 20.6.